The first kappa shape index (κ1) is 37.7. The Kier molecular flexibility index (Phi) is 13.8. The summed E-state index contributed by atoms with van der Waals surface area (Å²) in [7, 11) is 0. The number of nitro groups is 1. The zero-order chi connectivity index (χ0) is 36.0. The van der Waals surface area contributed by atoms with E-state index in [9.17, 15) is 34.1 Å². The lowest BCUT2D eigenvalue weighted by atomic mass is 10.0. The number of non-ortho nitro benzene ring substituents is 1. The van der Waals surface area contributed by atoms with Crippen LogP contribution in [0.1, 0.15) is 44.4 Å². The summed E-state index contributed by atoms with van der Waals surface area (Å²) in [6.45, 7) is 5.77. The molecule has 14 heteroatoms. The largest absolute Gasteiger partial charge is 0.459 e. The van der Waals surface area contributed by atoms with Gasteiger partial charge in [0.2, 0.25) is 17.7 Å². The maximum atomic E-state index is 13.7. The lowest BCUT2D eigenvalue weighted by Crippen LogP contribution is -2.55. The number of benzene rings is 3. The Balaban J connectivity index is 1.70. The fourth-order valence-electron chi connectivity index (χ4n) is 4.46. The van der Waals surface area contributed by atoms with E-state index in [0.717, 1.165) is 11.1 Å². The average molecular weight is 676 g/mol. The summed E-state index contributed by atoms with van der Waals surface area (Å²) in [6.07, 6.45) is -0.648. The number of hydrogen-bond donors (Lipinski definition) is 4. The summed E-state index contributed by atoms with van der Waals surface area (Å²) in [4.78, 5) is 75.0. The lowest BCUT2D eigenvalue weighted by Gasteiger charge is -2.23. The van der Waals surface area contributed by atoms with Crippen molar-refractivity contribution in [3.8, 4) is 0 Å². The van der Waals surface area contributed by atoms with Gasteiger partial charge < -0.3 is 30.7 Å². The van der Waals surface area contributed by atoms with Crippen LogP contribution in [0.25, 0.3) is 0 Å². The summed E-state index contributed by atoms with van der Waals surface area (Å²) in [6, 6.07) is 20.1. The van der Waals surface area contributed by atoms with Crippen LogP contribution in [0, 0.1) is 10.1 Å². The van der Waals surface area contributed by atoms with Crippen molar-refractivity contribution < 1.29 is 38.4 Å². The molecule has 0 saturated heterocycles. The Hall–Kier alpha value is -5.79. The van der Waals surface area contributed by atoms with Crippen molar-refractivity contribution in [2.75, 3.05) is 6.54 Å². The van der Waals surface area contributed by atoms with E-state index >= 15 is 0 Å². The van der Waals surface area contributed by atoms with E-state index in [1.54, 1.807) is 75.4 Å². The second-order valence-electron chi connectivity index (χ2n) is 12.2. The van der Waals surface area contributed by atoms with Crippen LogP contribution in [0.15, 0.2) is 84.9 Å². The topological polar surface area (TPSA) is 195 Å². The number of carbonyl (C=O) groups is 5. The number of carbonyl (C=O) groups excluding carboxylic acids is 5. The molecule has 3 rings (SSSR count). The van der Waals surface area contributed by atoms with Crippen molar-refractivity contribution >= 4 is 35.5 Å². The first-order valence-corrected chi connectivity index (χ1v) is 15.5. The van der Waals surface area contributed by atoms with Crippen LogP contribution in [0.5, 0.6) is 0 Å². The quantitative estimate of drug-likeness (QED) is 0.106. The van der Waals surface area contributed by atoms with Crippen molar-refractivity contribution in [2.45, 2.75) is 70.9 Å². The minimum absolute atomic E-state index is 0.0683. The molecule has 0 saturated carbocycles. The van der Waals surface area contributed by atoms with E-state index < -0.39 is 65.0 Å². The third kappa shape index (κ3) is 13.5. The molecule has 0 aliphatic carbocycles. The molecule has 3 atom stereocenters. The van der Waals surface area contributed by atoms with Crippen molar-refractivity contribution in [3.05, 3.63) is 112 Å². The number of esters is 1. The molecular formula is C35H41N5O9. The van der Waals surface area contributed by atoms with Crippen molar-refractivity contribution in [3.63, 3.8) is 0 Å². The van der Waals surface area contributed by atoms with Crippen LogP contribution in [-0.2, 0) is 48.1 Å². The second-order valence-corrected chi connectivity index (χ2v) is 12.2. The van der Waals surface area contributed by atoms with Crippen LogP contribution < -0.4 is 21.3 Å². The number of alkyl carbamates (subject to hydrolysis) is 1. The average Bonchev–Trinajstić information content (AvgIpc) is 3.05. The molecule has 0 aromatic heterocycles. The van der Waals surface area contributed by atoms with E-state index in [1.165, 1.54) is 31.2 Å². The molecule has 3 aromatic rings. The summed E-state index contributed by atoms with van der Waals surface area (Å²) >= 11 is 0. The molecule has 49 heavy (non-hydrogen) atoms. The van der Waals surface area contributed by atoms with Crippen molar-refractivity contribution in [1.29, 1.82) is 0 Å². The van der Waals surface area contributed by atoms with Crippen LogP contribution >= 0.6 is 0 Å². The van der Waals surface area contributed by atoms with Gasteiger partial charge in [0.1, 0.15) is 30.3 Å². The highest BCUT2D eigenvalue weighted by atomic mass is 16.6. The van der Waals surface area contributed by atoms with E-state index in [1.807, 2.05) is 6.07 Å². The van der Waals surface area contributed by atoms with E-state index in [-0.39, 0.29) is 25.1 Å². The van der Waals surface area contributed by atoms with E-state index in [4.69, 9.17) is 9.47 Å². The summed E-state index contributed by atoms with van der Waals surface area (Å²) in [5.74, 6) is -2.76. The Morgan fingerprint density at radius 1 is 0.735 bits per heavy atom. The fourth-order valence-corrected chi connectivity index (χ4v) is 4.46. The Morgan fingerprint density at radius 2 is 1.29 bits per heavy atom. The summed E-state index contributed by atoms with van der Waals surface area (Å²) in [5.41, 5.74) is 1.10. The molecule has 0 radical (unpaired) electrons. The van der Waals surface area contributed by atoms with Gasteiger partial charge in [0.05, 0.1) is 11.5 Å². The highest BCUT2D eigenvalue weighted by molar-refractivity contribution is 5.93. The molecule has 3 aromatic carbocycles. The Morgan fingerprint density at radius 3 is 1.82 bits per heavy atom. The highest BCUT2D eigenvalue weighted by Crippen LogP contribution is 2.14. The molecule has 0 aliphatic rings. The van der Waals surface area contributed by atoms with E-state index in [0.29, 0.717) is 5.56 Å². The van der Waals surface area contributed by atoms with Crippen molar-refractivity contribution in [2.24, 2.45) is 0 Å². The SMILES string of the molecule is C[C@H](NC(=O)OC(C)(C)C)C(=O)NCC(=O)N[C@H](Cc1ccccc1)C(=O)N[C@@H](Cc1ccccc1)C(=O)OCc1ccc([N+](=O)[O-])cc1. The minimum Gasteiger partial charge on any atom is -0.459 e. The molecule has 4 amide bonds. The molecule has 0 heterocycles. The monoisotopic (exact) mass is 675 g/mol. The third-order valence-corrected chi connectivity index (χ3v) is 6.90. The molecule has 0 aliphatic heterocycles. The van der Waals surface area contributed by atoms with Crippen LogP contribution in [0.3, 0.4) is 0 Å². The first-order valence-electron chi connectivity index (χ1n) is 15.5. The van der Waals surface area contributed by atoms with Gasteiger partial charge in [0, 0.05) is 25.0 Å². The third-order valence-electron chi connectivity index (χ3n) is 6.90. The van der Waals surface area contributed by atoms with Gasteiger partial charge in [0.25, 0.3) is 5.69 Å². The van der Waals surface area contributed by atoms with E-state index in [2.05, 4.69) is 21.3 Å². The molecule has 14 nitrogen and oxygen atoms in total. The second kappa shape index (κ2) is 17.9. The number of nitrogens with one attached hydrogen (secondary N) is 4. The molecule has 0 unspecified atom stereocenters. The maximum Gasteiger partial charge on any atom is 0.408 e. The van der Waals surface area contributed by atoms with Crippen LogP contribution in [-0.4, -0.2) is 65.0 Å². The van der Waals surface area contributed by atoms with Gasteiger partial charge in [-0.15, -0.1) is 0 Å². The smallest absolute Gasteiger partial charge is 0.408 e. The minimum atomic E-state index is -1.15. The lowest BCUT2D eigenvalue weighted by molar-refractivity contribution is -0.384. The summed E-state index contributed by atoms with van der Waals surface area (Å²) in [5, 5.41) is 21.1. The number of amides is 4. The van der Waals surface area contributed by atoms with Gasteiger partial charge in [-0.05, 0) is 56.5 Å². The fraction of sp³-hybridized carbons (Fsp3) is 0.343. The molecule has 0 bridgehead atoms. The standard InChI is InChI=1S/C35H41N5O9/c1-23(37-34(45)49-35(2,3)4)31(42)36-21-30(41)38-28(19-24-11-7-5-8-12-24)32(43)39-29(20-25-13-9-6-10-14-25)33(44)48-22-26-15-17-27(18-16-26)40(46)47/h5-18,23,28-29H,19-22H2,1-4H3,(H,36,42)(H,37,45)(H,38,41)(H,39,43)/t23-,28+,29-/m0/s1. The predicted molar refractivity (Wildman–Crippen MR) is 179 cm³/mol. The molecular weight excluding hydrogens is 634 g/mol. The normalized spacial score (nSPS) is 12.7. The predicted octanol–water partition coefficient (Wildman–Crippen LogP) is 3.12. The Labute approximate surface area is 284 Å². The van der Waals surface area contributed by atoms with Crippen LogP contribution in [0.4, 0.5) is 10.5 Å². The first-order chi connectivity index (χ1) is 23.2. The molecule has 260 valence electrons. The zero-order valence-corrected chi connectivity index (χ0v) is 27.8. The van der Waals surface area contributed by atoms with Gasteiger partial charge in [0.15, 0.2) is 0 Å². The van der Waals surface area contributed by atoms with Gasteiger partial charge in [-0.2, -0.15) is 0 Å². The number of nitro benzene ring substituents is 1. The number of ether oxygens (including phenoxy) is 2. The van der Waals surface area contributed by atoms with Gasteiger partial charge in [-0.1, -0.05) is 60.7 Å². The van der Waals surface area contributed by atoms with Gasteiger partial charge >= 0.3 is 12.1 Å². The van der Waals surface area contributed by atoms with Crippen molar-refractivity contribution in [1.82, 2.24) is 21.3 Å². The highest BCUT2D eigenvalue weighted by Gasteiger charge is 2.29. The summed E-state index contributed by atoms with van der Waals surface area (Å²) < 4.78 is 10.6. The molecule has 0 fully saturated rings. The molecule has 0 spiro atoms. The molecule has 4 N–H and O–H groups in total. The number of hydrogen-bond acceptors (Lipinski definition) is 9. The maximum absolute atomic E-state index is 13.7. The zero-order valence-electron chi connectivity index (χ0n) is 27.8. The van der Waals surface area contributed by atoms with Gasteiger partial charge in [-0.25, -0.2) is 9.59 Å². The van der Waals surface area contributed by atoms with Crippen LogP contribution in [0.2, 0.25) is 0 Å². The van der Waals surface area contributed by atoms with Gasteiger partial charge in [-0.3, -0.25) is 24.5 Å². The number of nitrogens with zero attached hydrogens (tertiary/aromatic N) is 1. The Bertz CT molecular complexity index is 1590. The number of rotatable bonds is 15.